The van der Waals surface area contributed by atoms with Crippen LogP contribution in [0.4, 0.5) is 0 Å². The maximum absolute atomic E-state index is 12.8. The van der Waals surface area contributed by atoms with E-state index in [9.17, 15) is 9.59 Å². The molecule has 2 aromatic rings. The average Bonchev–Trinajstić information content (AvgIpc) is 2.76. The van der Waals surface area contributed by atoms with E-state index < -0.39 is 23.5 Å². The van der Waals surface area contributed by atoms with Crippen LogP contribution in [-0.2, 0) is 30.5 Å². The van der Waals surface area contributed by atoms with Crippen LogP contribution in [0.25, 0.3) is 0 Å². The van der Waals surface area contributed by atoms with E-state index in [-0.39, 0.29) is 12.5 Å². The maximum atomic E-state index is 12.8. The van der Waals surface area contributed by atoms with Crippen LogP contribution in [0.1, 0.15) is 64.1 Å². The Morgan fingerprint density at radius 3 is 2.22 bits per heavy atom. The number of carbonyl (C=O) groups excluding carboxylic acids is 2. The Hall–Kier alpha value is -2.70. The third-order valence-corrected chi connectivity index (χ3v) is 4.83. The molecule has 0 radical (unpaired) electrons. The Morgan fingerprint density at radius 2 is 1.59 bits per heavy atom. The summed E-state index contributed by atoms with van der Waals surface area (Å²) in [6.07, 6.45) is 1.12. The molecular weight excluding hydrogens is 406 g/mol. The molecule has 2 N–H and O–H groups in total. The van der Waals surface area contributed by atoms with Crippen molar-refractivity contribution in [3.8, 4) is 0 Å². The number of hydroxylamine groups is 1. The molecule has 6 nitrogen and oxygen atoms in total. The highest BCUT2D eigenvalue weighted by Crippen LogP contribution is 2.18. The van der Waals surface area contributed by atoms with E-state index in [4.69, 9.17) is 14.3 Å². The highest BCUT2D eigenvalue weighted by molar-refractivity contribution is 5.79. The quantitative estimate of drug-likeness (QED) is 0.304. The predicted octanol–water partition coefficient (Wildman–Crippen LogP) is 4.11. The maximum Gasteiger partial charge on any atom is 0.370 e. The number of hydrogen-bond donors (Lipinski definition) is 1. The second kappa shape index (κ2) is 13.0. The molecule has 2 rings (SSSR count). The van der Waals surface area contributed by atoms with Crippen LogP contribution in [0.15, 0.2) is 60.7 Å². The van der Waals surface area contributed by atoms with E-state index in [1.807, 2.05) is 88.4 Å². The first-order chi connectivity index (χ1) is 15.2. The van der Waals surface area contributed by atoms with Gasteiger partial charge in [0.15, 0.2) is 0 Å². The molecule has 2 unspecified atom stereocenters. The number of hydrogen-bond acceptors (Lipinski definition) is 5. The summed E-state index contributed by atoms with van der Waals surface area (Å²) in [6.45, 7) is 8.41. The van der Waals surface area contributed by atoms with Crippen molar-refractivity contribution in [1.82, 2.24) is 0 Å². The fourth-order valence-electron chi connectivity index (χ4n) is 3.18. The topological polar surface area (TPSA) is 78.4 Å². The molecule has 0 bridgehead atoms. The zero-order valence-corrected chi connectivity index (χ0v) is 19.6. The normalized spacial score (nSPS) is 13.2. The number of esters is 1. The van der Waals surface area contributed by atoms with E-state index in [1.165, 1.54) is 5.48 Å². The van der Waals surface area contributed by atoms with Crippen molar-refractivity contribution in [3.05, 3.63) is 71.8 Å². The minimum absolute atomic E-state index is 0.0116. The molecule has 2 aromatic carbocycles. The molecule has 0 heterocycles. The zero-order valence-electron chi connectivity index (χ0n) is 19.6. The van der Waals surface area contributed by atoms with Gasteiger partial charge < -0.3 is 9.47 Å². The lowest BCUT2D eigenvalue weighted by molar-refractivity contribution is -0.900. The summed E-state index contributed by atoms with van der Waals surface area (Å²) in [4.78, 5) is 30.6. The monoisotopic (exact) mass is 442 g/mol. The number of carbonyl (C=O) groups is 2. The molecular formula is C26H36NO5+. The summed E-state index contributed by atoms with van der Waals surface area (Å²) in [7, 11) is 0. The first-order valence-electron chi connectivity index (χ1n) is 11.2. The van der Waals surface area contributed by atoms with Crippen LogP contribution in [0.2, 0.25) is 0 Å². The molecule has 0 aliphatic heterocycles. The van der Waals surface area contributed by atoms with Crippen LogP contribution >= 0.6 is 0 Å². The number of nitrogens with two attached hydrogens (primary N) is 1. The number of benzene rings is 2. The van der Waals surface area contributed by atoms with E-state index in [2.05, 4.69) is 0 Å². The summed E-state index contributed by atoms with van der Waals surface area (Å²) < 4.78 is 11.1. The van der Waals surface area contributed by atoms with E-state index >= 15 is 0 Å². The van der Waals surface area contributed by atoms with Gasteiger partial charge in [0.1, 0.15) is 11.6 Å². The molecule has 0 aliphatic rings. The SMILES string of the molecule is CC([NH2+]OC(=O)C(CCCOCc1ccccc1)CC(=O)OC(C)(C)C)c1ccccc1. The molecule has 0 saturated carbocycles. The fraction of sp³-hybridized carbons (Fsp3) is 0.462. The Labute approximate surface area is 191 Å². The first kappa shape index (κ1) is 25.6. The van der Waals surface area contributed by atoms with Crippen molar-refractivity contribution in [3.63, 3.8) is 0 Å². The number of quaternary nitrogens is 1. The van der Waals surface area contributed by atoms with Crippen LogP contribution in [0, 0.1) is 5.92 Å². The largest absolute Gasteiger partial charge is 0.460 e. The van der Waals surface area contributed by atoms with Crippen LogP contribution in [0.3, 0.4) is 0 Å². The van der Waals surface area contributed by atoms with Gasteiger partial charge in [-0.3, -0.25) is 9.63 Å². The summed E-state index contributed by atoms with van der Waals surface area (Å²) in [5.74, 6) is -1.40. The lowest BCUT2D eigenvalue weighted by Gasteiger charge is -2.21. The Balaban J connectivity index is 1.85. The standard InChI is InChI=1S/C26H35NO5/c1-20(22-14-9-6-10-15-22)27-32-25(29)23(18-24(28)31-26(2,3)4)16-11-17-30-19-21-12-7-5-8-13-21/h5-10,12-15,20,23,27H,11,16-19H2,1-4H3/p+1. The molecule has 0 spiro atoms. The Bertz CT molecular complexity index is 817. The fourth-order valence-corrected chi connectivity index (χ4v) is 3.18. The average molecular weight is 443 g/mol. The minimum Gasteiger partial charge on any atom is -0.460 e. The molecule has 0 amide bonds. The zero-order chi connectivity index (χ0) is 23.4. The predicted molar refractivity (Wildman–Crippen MR) is 122 cm³/mol. The van der Waals surface area contributed by atoms with Crippen molar-refractivity contribution >= 4 is 11.9 Å². The van der Waals surface area contributed by atoms with Crippen molar-refractivity contribution in [1.29, 1.82) is 0 Å². The van der Waals surface area contributed by atoms with Gasteiger partial charge in [-0.05, 0) is 46.1 Å². The molecule has 0 saturated heterocycles. The Morgan fingerprint density at radius 1 is 0.969 bits per heavy atom. The van der Waals surface area contributed by atoms with Gasteiger partial charge in [0, 0.05) is 12.2 Å². The van der Waals surface area contributed by atoms with E-state index in [0.717, 1.165) is 11.1 Å². The van der Waals surface area contributed by atoms with Gasteiger partial charge >= 0.3 is 11.9 Å². The smallest absolute Gasteiger partial charge is 0.370 e. The summed E-state index contributed by atoms with van der Waals surface area (Å²) in [5.41, 5.74) is 3.09. The number of ether oxygens (including phenoxy) is 2. The van der Waals surface area contributed by atoms with Crippen molar-refractivity contribution < 1.29 is 29.4 Å². The highest BCUT2D eigenvalue weighted by Gasteiger charge is 2.28. The lowest BCUT2D eigenvalue weighted by Crippen LogP contribution is -2.84. The van der Waals surface area contributed by atoms with Crippen LogP contribution in [0.5, 0.6) is 0 Å². The van der Waals surface area contributed by atoms with Gasteiger partial charge in [-0.15, -0.1) is 5.48 Å². The molecule has 0 aromatic heterocycles. The van der Waals surface area contributed by atoms with Crippen molar-refractivity contribution in [2.24, 2.45) is 5.92 Å². The first-order valence-corrected chi connectivity index (χ1v) is 11.2. The molecule has 32 heavy (non-hydrogen) atoms. The third kappa shape index (κ3) is 10.1. The van der Waals surface area contributed by atoms with Gasteiger partial charge in [-0.25, -0.2) is 4.79 Å². The second-order valence-electron chi connectivity index (χ2n) is 8.94. The Kier molecular flexibility index (Phi) is 10.4. The van der Waals surface area contributed by atoms with Gasteiger partial charge in [0.25, 0.3) is 0 Å². The second-order valence-corrected chi connectivity index (χ2v) is 8.94. The van der Waals surface area contributed by atoms with Crippen LogP contribution < -0.4 is 5.48 Å². The van der Waals surface area contributed by atoms with Gasteiger partial charge in [-0.2, -0.15) is 0 Å². The lowest BCUT2D eigenvalue weighted by atomic mass is 9.99. The van der Waals surface area contributed by atoms with E-state index in [1.54, 1.807) is 0 Å². The van der Waals surface area contributed by atoms with Crippen molar-refractivity contribution in [2.75, 3.05) is 6.61 Å². The van der Waals surface area contributed by atoms with Crippen molar-refractivity contribution in [2.45, 2.75) is 65.2 Å². The molecule has 2 atom stereocenters. The van der Waals surface area contributed by atoms with Gasteiger partial charge in [-0.1, -0.05) is 60.7 Å². The minimum atomic E-state index is -0.599. The molecule has 174 valence electrons. The van der Waals surface area contributed by atoms with Crippen LogP contribution in [-0.4, -0.2) is 24.1 Å². The molecule has 0 fully saturated rings. The molecule has 0 aliphatic carbocycles. The summed E-state index contributed by atoms with van der Waals surface area (Å²) >= 11 is 0. The van der Waals surface area contributed by atoms with E-state index in [0.29, 0.717) is 26.1 Å². The molecule has 6 heteroatoms. The number of rotatable bonds is 12. The van der Waals surface area contributed by atoms with Gasteiger partial charge in [0.05, 0.1) is 18.9 Å². The highest BCUT2D eigenvalue weighted by atomic mass is 16.7. The third-order valence-electron chi connectivity index (χ3n) is 4.83. The summed E-state index contributed by atoms with van der Waals surface area (Å²) in [6, 6.07) is 19.7. The summed E-state index contributed by atoms with van der Waals surface area (Å²) in [5, 5.41) is 0. The van der Waals surface area contributed by atoms with Gasteiger partial charge in [0.2, 0.25) is 0 Å².